The van der Waals surface area contributed by atoms with Crippen molar-refractivity contribution in [1.29, 1.82) is 0 Å². The molecule has 0 aromatic heterocycles. The van der Waals surface area contributed by atoms with Crippen molar-refractivity contribution >= 4 is 46.4 Å². The van der Waals surface area contributed by atoms with Crippen LogP contribution >= 0.6 is 0 Å². The Hall–Kier alpha value is -6.45. The van der Waals surface area contributed by atoms with Gasteiger partial charge < -0.3 is 21.3 Å². The molecule has 0 saturated heterocycles. The predicted molar refractivity (Wildman–Crippen MR) is 272 cm³/mol. The van der Waals surface area contributed by atoms with Gasteiger partial charge in [0.15, 0.2) is 0 Å². The molecule has 4 aromatic carbocycles. The molecule has 0 bridgehead atoms. The predicted octanol–water partition coefficient (Wildman–Crippen LogP) is 14.5. The summed E-state index contributed by atoms with van der Waals surface area (Å²) in [6, 6.07) is 16.2. The molecule has 4 aliphatic rings. The van der Waals surface area contributed by atoms with E-state index in [0.29, 0.717) is 25.7 Å². The molecule has 18 heteroatoms. The van der Waals surface area contributed by atoms with Crippen LogP contribution in [0.3, 0.4) is 0 Å². The number of anilines is 4. The molecule has 0 atom stereocenters. The van der Waals surface area contributed by atoms with Gasteiger partial charge >= 0.3 is 43.4 Å². The van der Waals surface area contributed by atoms with Crippen molar-refractivity contribution in [2.75, 3.05) is 21.3 Å². The Balaban J connectivity index is 0. The minimum Gasteiger partial charge on any atom is -0.377 e. The van der Waals surface area contributed by atoms with Crippen LogP contribution in [-0.2, 0) is 62.6 Å². The zero-order chi connectivity index (χ0) is 54.9. The number of amides is 4. The number of carbonyl (C=O) groups is 4. The summed E-state index contributed by atoms with van der Waals surface area (Å²) >= 11 is 0. The van der Waals surface area contributed by atoms with Crippen LogP contribution in [0, 0.1) is 95.1 Å². The third-order valence-electron chi connectivity index (χ3n) is 8.48. The summed E-state index contributed by atoms with van der Waals surface area (Å²) < 4.78 is 101. The van der Waals surface area contributed by atoms with E-state index in [-0.39, 0.29) is 103 Å². The van der Waals surface area contributed by atoms with E-state index in [4.69, 9.17) is 0 Å². The fourth-order valence-corrected chi connectivity index (χ4v) is 4.88. The van der Waals surface area contributed by atoms with E-state index in [9.17, 15) is 54.3 Å². The number of nitrogens with one attached hydrogen (secondary N) is 4. The maximum absolute atomic E-state index is 12.9. The second-order valence-electron chi connectivity index (χ2n) is 14.5. The van der Waals surface area contributed by atoms with Gasteiger partial charge in [-0.2, -0.15) is 24.3 Å². The molecular weight excluding hydrogens is 1060 g/mol. The van der Waals surface area contributed by atoms with Crippen LogP contribution < -0.4 is 21.3 Å². The van der Waals surface area contributed by atoms with Gasteiger partial charge in [0.2, 0.25) is 23.6 Å². The fourth-order valence-electron chi connectivity index (χ4n) is 4.88. The van der Waals surface area contributed by atoms with Gasteiger partial charge in [-0.1, -0.05) is 27.7 Å². The van der Waals surface area contributed by atoms with Crippen molar-refractivity contribution in [3.63, 3.8) is 0 Å². The molecule has 8 rings (SSSR count). The molecule has 8 nitrogen and oxygen atoms in total. The molecule has 0 spiro atoms. The van der Waals surface area contributed by atoms with Crippen molar-refractivity contribution in [1.82, 2.24) is 0 Å². The smallest absolute Gasteiger partial charge is 0.377 e. The van der Waals surface area contributed by atoms with Crippen LogP contribution in [0.2, 0.25) is 0 Å². The van der Waals surface area contributed by atoms with Gasteiger partial charge in [0, 0.05) is 72.2 Å². The molecule has 0 fully saturated rings. The van der Waals surface area contributed by atoms with Crippen LogP contribution in [0.15, 0.2) is 121 Å². The molecule has 4 N–H and O–H groups in total. The van der Waals surface area contributed by atoms with Crippen molar-refractivity contribution in [2.45, 2.75) is 91.9 Å². The average molecular weight is 1120 g/mol. The third kappa shape index (κ3) is 35.7. The molecule has 0 unspecified atom stereocenters. The molecule has 396 valence electrons. The Labute approximate surface area is 471 Å². The van der Waals surface area contributed by atoms with E-state index < -0.39 is 46.5 Å². The Kier molecular flexibility index (Phi) is 42.2. The zero-order valence-corrected chi connectivity index (χ0v) is 45.4. The fraction of sp³-hybridized carbons (Fsp3) is 0.241. The van der Waals surface area contributed by atoms with Crippen molar-refractivity contribution in [3.05, 3.63) is 217 Å². The first-order valence-electron chi connectivity index (χ1n) is 23.1. The van der Waals surface area contributed by atoms with Crippen molar-refractivity contribution < 1.29 is 97.7 Å². The first kappa shape index (κ1) is 71.6. The Morgan fingerprint density at radius 2 is 0.605 bits per heavy atom. The van der Waals surface area contributed by atoms with E-state index >= 15 is 0 Å². The molecular formula is C58H56F8N4O4Ti2. The van der Waals surface area contributed by atoms with Crippen LogP contribution in [0.4, 0.5) is 57.9 Å². The second-order valence-corrected chi connectivity index (χ2v) is 14.5. The number of halogens is 8. The summed E-state index contributed by atoms with van der Waals surface area (Å²) in [5, 5.41) is 9.20. The SMILES string of the molecule is CCC(=O)Nc1ccc(F)[c-]c1F.CCC(=O)Nc1ccc(F)[c-]c1F.CCCC(=O)Nc1ccc(F)[c-]c1F.CCCC(=O)Nc1ccc(F)[c-]c1F.[C-]1=CC=CC1.[C-]1=CC=CC1.[C-]1=CC=CC1.[C-]1=CC=CC1.[Ti+4].[Ti+4]. The molecule has 0 heterocycles. The number of benzene rings is 4. The van der Waals surface area contributed by atoms with Gasteiger partial charge in [-0.05, 0) is 35.6 Å². The largest absolute Gasteiger partial charge is 4.00 e. The molecule has 4 amide bonds. The van der Waals surface area contributed by atoms with E-state index in [2.05, 4.69) is 69.9 Å². The summed E-state index contributed by atoms with van der Waals surface area (Å²) in [7, 11) is 0. The summed E-state index contributed by atoms with van der Waals surface area (Å²) in [5.41, 5.74) is -0.170. The van der Waals surface area contributed by atoms with Gasteiger partial charge in [0.05, 0.1) is 0 Å². The quantitative estimate of drug-likeness (QED) is 0.0719. The molecule has 4 aliphatic carbocycles. The average Bonchev–Trinajstić information content (AvgIpc) is 4.24. The number of carbonyl (C=O) groups excluding carboxylic acids is 4. The van der Waals surface area contributed by atoms with Gasteiger partial charge in [-0.3, -0.25) is 43.5 Å². The maximum atomic E-state index is 12.9. The summed E-state index contributed by atoms with van der Waals surface area (Å²) in [6.07, 6.45) is 42.5. The topological polar surface area (TPSA) is 116 Å². The first-order valence-corrected chi connectivity index (χ1v) is 23.1. The monoisotopic (exact) mass is 1120 g/mol. The zero-order valence-electron chi connectivity index (χ0n) is 42.3. The maximum Gasteiger partial charge on any atom is 4.00 e. The van der Waals surface area contributed by atoms with Gasteiger partial charge in [0.25, 0.3) is 0 Å². The Morgan fingerprint density at radius 1 is 0.382 bits per heavy atom. The Morgan fingerprint density at radius 3 is 0.750 bits per heavy atom. The minimum absolute atomic E-state index is 0. The van der Waals surface area contributed by atoms with Gasteiger partial charge in [-0.25, -0.2) is 83.7 Å². The van der Waals surface area contributed by atoms with Crippen molar-refractivity contribution in [3.8, 4) is 0 Å². The number of allylic oxidation sites excluding steroid dienone is 16. The number of rotatable bonds is 10. The minimum atomic E-state index is -0.887. The van der Waals surface area contributed by atoms with Crippen LogP contribution in [0.5, 0.6) is 0 Å². The number of hydrogen-bond donors (Lipinski definition) is 4. The molecule has 0 saturated carbocycles. The molecule has 76 heavy (non-hydrogen) atoms. The second kappa shape index (κ2) is 44.8. The molecule has 4 aromatic rings. The van der Waals surface area contributed by atoms with E-state index in [1.807, 2.05) is 86.7 Å². The van der Waals surface area contributed by atoms with E-state index in [1.54, 1.807) is 13.8 Å². The van der Waals surface area contributed by atoms with Crippen molar-refractivity contribution in [2.24, 2.45) is 0 Å². The summed E-state index contributed by atoms with van der Waals surface area (Å²) in [6.45, 7) is 6.96. The van der Waals surface area contributed by atoms with E-state index in [1.165, 1.54) is 12.1 Å². The van der Waals surface area contributed by atoms with Crippen LogP contribution in [-0.4, -0.2) is 23.6 Å². The third-order valence-corrected chi connectivity index (χ3v) is 8.48. The number of hydrogen-bond acceptors (Lipinski definition) is 4. The van der Waals surface area contributed by atoms with E-state index in [0.717, 1.165) is 62.1 Å². The Bertz CT molecular complexity index is 2360. The van der Waals surface area contributed by atoms with Gasteiger partial charge in [-0.15, -0.1) is 98.5 Å². The first-order chi connectivity index (χ1) is 35.5. The summed E-state index contributed by atoms with van der Waals surface area (Å²) in [4.78, 5) is 43.8. The molecule has 0 aliphatic heterocycles. The normalized spacial score (nSPS) is 11.6. The molecule has 0 radical (unpaired) electrons. The van der Waals surface area contributed by atoms with Gasteiger partial charge in [0.1, 0.15) is 0 Å². The summed E-state index contributed by atoms with van der Waals surface area (Å²) in [5.74, 6) is -7.88. The standard InChI is InChI=1S/2C10H10F2NO.2C9H8F2NO.4C5H5.2Ti/c2*1-2-3-10(14)13-9-5-4-7(11)6-8(9)12;2*1-2-9(13)12-8-4-3-6(10)5-7(8)11;4*1-2-4-5-3-1;;/h2*4-5H,2-3H2,1H3,(H,13,14);2*3-4H,2H2,1H3,(H,12,13);4*1-3H,4H2;;/q8*-1;2*+4. The van der Waals surface area contributed by atoms with Crippen LogP contribution in [0.1, 0.15) is 91.9 Å². The van der Waals surface area contributed by atoms with Crippen LogP contribution in [0.25, 0.3) is 0 Å².